The van der Waals surface area contributed by atoms with Crippen molar-refractivity contribution in [3.05, 3.63) is 66.6 Å². The summed E-state index contributed by atoms with van der Waals surface area (Å²) >= 11 is 0. The lowest BCUT2D eigenvalue weighted by Crippen LogP contribution is -2.06. The highest BCUT2D eigenvalue weighted by Crippen LogP contribution is 2.37. The number of rotatable bonds is 5. The van der Waals surface area contributed by atoms with Crippen LogP contribution in [-0.2, 0) is 4.74 Å². The van der Waals surface area contributed by atoms with E-state index in [4.69, 9.17) is 13.8 Å². The van der Waals surface area contributed by atoms with Gasteiger partial charge >= 0.3 is 5.97 Å². The molecule has 0 aliphatic heterocycles. The van der Waals surface area contributed by atoms with Crippen LogP contribution >= 0.6 is 0 Å². The van der Waals surface area contributed by atoms with Gasteiger partial charge in [-0.05, 0) is 19.1 Å². The van der Waals surface area contributed by atoms with Crippen molar-refractivity contribution in [1.29, 1.82) is 0 Å². The summed E-state index contributed by atoms with van der Waals surface area (Å²) in [5, 5.41) is 8.13. The van der Waals surface area contributed by atoms with Crippen LogP contribution in [0.1, 0.15) is 17.3 Å². The second-order valence-electron chi connectivity index (χ2n) is 5.61. The molecule has 0 atom stereocenters. The molecule has 0 fully saturated rings. The molecule has 0 amide bonds. The van der Waals surface area contributed by atoms with Gasteiger partial charge in [0.05, 0.1) is 17.9 Å². The molecule has 0 saturated carbocycles. The Morgan fingerprint density at radius 2 is 1.85 bits per heavy atom. The molecular formula is C20H15N3O4. The molecule has 7 heteroatoms. The van der Waals surface area contributed by atoms with E-state index in [9.17, 15) is 4.79 Å². The van der Waals surface area contributed by atoms with Crippen molar-refractivity contribution in [3.63, 3.8) is 0 Å². The van der Waals surface area contributed by atoms with Crippen LogP contribution in [0.5, 0.6) is 0 Å². The second kappa shape index (κ2) is 7.25. The quantitative estimate of drug-likeness (QED) is 0.491. The normalized spacial score (nSPS) is 10.7. The summed E-state index contributed by atoms with van der Waals surface area (Å²) in [4.78, 5) is 17.0. The van der Waals surface area contributed by atoms with Crippen molar-refractivity contribution in [2.24, 2.45) is 0 Å². The SMILES string of the molecule is CCOC(=O)c1c(-c2ccccc2)noc1-c1conc1-c1ccccn1. The molecule has 0 aliphatic rings. The molecule has 27 heavy (non-hydrogen) atoms. The Kier molecular flexibility index (Phi) is 4.49. The first-order valence-corrected chi connectivity index (χ1v) is 8.38. The molecule has 0 bridgehead atoms. The second-order valence-corrected chi connectivity index (χ2v) is 5.61. The number of carbonyl (C=O) groups is 1. The molecule has 134 valence electrons. The third-order valence-electron chi connectivity index (χ3n) is 3.94. The van der Waals surface area contributed by atoms with Crippen LogP contribution < -0.4 is 0 Å². The lowest BCUT2D eigenvalue weighted by Gasteiger charge is -2.04. The largest absolute Gasteiger partial charge is 0.462 e. The van der Waals surface area contributed by atoms with Crippen molar-refractivity contribution >= 4 is 5.97 Å². The Morgan fingerprint density at radius 3 is 2.59 bits per heavy atom. The van der Waals surface area contributed by atoms with Gasteiger partial charge in [0, 0.05) is 11.8 Å². The van der Waals surface area contributed by atoms with Crippen LogP contribution in [-0.4, -0.2) is 27.9 Å². The number of benzene rings is 1. The van der Waals surface area contributed by atoms with Crippen molar-refractivity contribution in [2.45, 2.75) is 6.92 Å². The third-order valence-corrected chi connectivity index (χ3v) is 3.94. The lowest BCUT2D eigenvalue weighted by molar-refractivity contribution is 0.0527. The molecule has 0 N–H and O–H groups in total. The van der Waals surface area contributed by atoms with E-state index in [-0.39, 0.29) is 17.9 Å². The summed E-state index contributed by atoms with van der Waals surface area (Å²) in [5.74, 6) is -0.296. The van der Waals surface area contributed by atoms with Crippen LogP contribution in [0.15, 0.2) is 70.0 Å². The first-order valence-electron chi connectivity index (χ1n) is 8.38. The third kappa shape index (κ3) is 3.10. The standard InChI is InChI=1S/C20H15N3O4/c1-2-25-20(24)16-17(13-8-4-3-5-9-13)23-27-19(16)14-12-26-22-18(14)15-10-6-7-11-21-15/h3-12H,2H2,1H3. The number of nitrogens with zero attached hydrogens (tertiary/aromatic N) is 3. The smallest absolute Gasteiger partial charge is 0.344 e. The molecule has 3 aromatic heterocycles. The van der Waals surface area contributed by atoms with Gasteiger partial charge in [0.15, 0.2) is 5.76 Å². The molecule has 0 unspecified atom stereocenters. The van der Waals surface area contributed by atoms with Gasteiger partial charge in [-0.15, -0.1) is 0 Å². The van der Waals surface area contributed by atoms with E-state index in [0.717, 1.165) is 5.56 Å². The van der Waals surface area contributed by atoms with Gasteiger partial charge in [-0.3, -0.25) is 4.98 Å². The Morgan fingerprint density at radius 1 is 1.04 bits per heavy atom. The fourth-order valence-electron chi connectivity index (χ4n) is 2.75. The predicted octanol–water partition coefficient (Wildman–Crippen LogP) is 4.24. The molecule has 4 rings (SSSR count). The van der Waals surface area contributed by atoms with Crippen LogP contribution in [0.3, 0.4) is 0 Å². The molecule has 0 saturated heterocycles. The Bertz CT molecular complexity index is 1060. The van der Waals surface area contributed by atoms with Crippen molar-refractivity contribution in [3.8, 4) is 34.0 Å². The Labute approximate surface area is 154 Å². The molecular weight excluding hydrogens is 346 g/mol. The maximum atomic E-state index is 12.7. The van der Waals surface area contributed by atoms with Gasteiger partial charge in [-0.25, -0.2) is 4.79 Å². The van der Waals surface area contributed by atoms with Crippen molar-refractivity contribution in [2.75, 3.05) is 6.61 Å². The van der Waals surface area contributed by atoms with Gasteiger partial charge in [-0.1, -0.05) is 46.7 Å². The summed E-state index contributed by atoms with van der Waals surface area (Å²) in [6, 6.07) is 14.7. The van der Waals surface area contributed by atoms with Crippen LogP contribution in [0, 0.1) is 0 Å². The summed E-state index contributed by atoms with van der Waals surface area (Å²) in [6.07, 6.45) is 3.05. The maximum absolute atomic E-state index is 12.7. The van der Waals surface area contributed by atoms with E-state index < -0.39 is 5.97 Å². The summed E-state index contributed by atoms with van der Waals surface area (Å²) < 4.78 is 15.9. The zero-order valence-corrected chi connectivity index (χ0v) is 14.5. The van der Waals surface area contributed by atoms with Crippen LogP contribution in [0.4, 0.5) is 0 Å². The average molecular weight is 361 g/mol. The molecule has 1 aromatic carbocycles. The Balaban J connectivity index is 1.89. The molecule has 0 aliphatic carbocycles. The molecule has 3 heterocycles. The van der Waals surface area contributed by atoms with E-state index in [2.05, 4.69) is 15.3 Å². The fraction of sp³-hybridized carbons (Fsp3) is 0.100. The van der Waals surface area contributed by atoms with E-state index >= 15 is 0 Å². The van der Waals surface area contributed by atoms with Crippen LogP contribution in [0.2, 0.25) is 0 Å². The predicted molar refractivity (Wildman–Crippen MR) is 96.6 cm³/mol. The first kappa shape index (κ1) is 16.7. The van der Waals surface area contributed by atoms with E-state index in [1.807, 2.05) is 36.4 Å². The minimum absolute atomic E-state index is 0.225. The van der Waals surface area contributed by atoms with Gasteiger partial charge in [0.1, 0.15) is 23.2 Å². The van der Waals surface area contributed by atoms with Gasteiger partial charge in [0.2, 0.25) is 0 Å². The van der Waals surface area contributed by atoms with Gasteiger partial charge in [0.25, 0.3) is 0 Å². The van der Waals surface area contributed by atoms with Crippen LogP contribution in [0.25, 0.3) is 34.0 Å². The average Bonchev–Trinajstić information content (AvgIpc) is 3.36. The monoisotopic (exact) mass is 361 g/mol. The molecule has 4 aromatic rings. The molecule has 7 nitrogen and oxygen atoms in total. The highest BCUT2D eigenvalue weighted by atomic mass is 16.5. The number of carbonyl (C=O) groups excluding carboxylic acids is 1. The van der Waals surface area contributed by atoms with E-state index in [1.165, 1.54) is 6.26 Å². The highest BCUT2D eigenvalue weighted by Gasteiger charge is 2.29. The highest BCUT2D eigenvalue weighted by molar-refractivity contribution is 6.02. The maximum Gasteiger partial charge on any atom is 0.344 e. The van der Waals surface area contributed by atoms with Gasteiger partial charge in [-0.2, -0.15) is 0 Å². The number of aromatic nitrogens is 3. The fourth-order valence-corrected chi connectivity index (χ4v) is 2.75. The molecule has 0 spiro atoms. The molecule has 0 radical (unpaired) electrons. The summed E-state index contributed by atoms with van der Waals surface area (Å²) in [7, 11) is 0. The number of hydrogen-bond donors (Lipinski definition) is 0. The number of hydrogen-bond acceptors (Lipinski definition) is 7. The van der Waals surface area contributed by atoms with E-state index in [1.54, 1.807) is 25.3 Å². The number of esters is 1. The number of ether oxygens (including phenoxy) is 1. The van der Waals surface area contributed by atoms with E-state index in [0.29, 0.717) is 22.6 Å². The lowest BCUT2D eigenvalue weighted by atomic mass is 10.0. The summed E-state index contributed by atoms with van der Waals surface area (Å²) in [5.41, 5.74) is 2.89. The zero-order valence-electron chi connectivity index (χ0n) is 14.5. The van der Waals surface area contributed by atoms with Crippen molar-refractivity contribution < 1.29 is 18.6 Å². The zero-order chi connectivity index (χ0) is 18.6. The topological polar surface area (TPSA) is 91.2 Å². The Hall–Kier alpha value is -3.74. The summed E-state index contributed by atoms with van der Waals surface area (Å²) in [6.45, 7) is 1.97. The van der Waals surface area contributed by atoms with Gasteiger partial charge < -0.3 is 13.8 Å². The first-order chi connectivity index (χ1) is 13.3. The minimum Gasteiger partial charge on any atom is -0.462 e. The van der Waals surface area contributed by atoms with Crippen molar-refractivity contribution in [1.82, 2.24) is 15.3 Å². The number of pyridine rings is 1. The minimum atomic E-state index is -0.527.